The average molecular weight is 453 g/mol. The van der Waals surface area contributed by atoms with Gasteiger partial charge in [-0.25, -0.2) is 0 Å². The van der Waals surface area contributed by atoms with Crippen LogP contribution in [0.25, 0.3) is 0 Å². The highest BCUT2D eigenvalue weighted by molar-refractivity contribution is 5.94. The highest BCUT2D eigenvalue weighted by Crippen LogP contribution is 2.17. The Labute approximate surface area is 192 Å². The quantitative estimate of drug-likeness (QED) is 0.493. The minimum absolute atomic E-state index is 0.0626. The van der Waals surface area contributed by atoms with Crippen molar-refractivity contribution >= 4 is 23.4 Å². The highest BCUT2D eigenvalue weighted by atomic mass is 16.6. The third kappa shape index (κ3) is 6.61. The number of likely N-dealkylation sites (tertiary alicyclic amines) is 1. The van der Waals surface area contributed by atoms with Crippen LogP contribution >= 0.6 is 0 Å². The zero-order chi connectivity index (χ0) is 24.0. The minimum atomic E-state index is -0.677. The van der Waals surface area contributed by atoms with E-state index in [1.165, 1.54) is 31.2 Å². The van der Waals surface area contributed by atoms with Gasteiger partial charge in [0, 0.05) is 50.2 Å². The molecular formula is C24H28N4O5. The lowest BCUT2D eigenvalue weighted by Crippen LogP contribution is -2.53. The Morgan fingerprint density at radius 1 is 1.12 bits per heavy atom. The number of aryl methyl sites for hydroxylation is 1. The molecule has 0 aliphatic carbocycles. The maximum absolute atomic E-state index is 12.9. The molecule has 2 N–H and O–H groups in total. The molecular weight excluding hydrogens is 424 g/mol. The van der Waals surface area contributed by atoms with E-state index in [-0.39, 0.29) is 29.5 Å². The lowest BCUT2D eigenvalue weighted by atomic mass is 10.0. The van der Waals surface area contributed by atoms with Gasteiger partial charge in [0.2, 0.25) is 11.8 Å². The van der Waals surface area contributed by atoms with Crippen molar-refractivity contribution in [3.8, 4) is 0 Å². The molecule has 1 fully saturated rings. The van der Waals surface area contributed by atoms with Crippen molar-refractivity contribution < 1.29 is 19.3 Å². The highest BCUT2D eigenvalue weighted by Gasteiger charge is 2.27. The molecule has 1 aliphatic rings. The molecule has 1 unspecified atom stereocenters. The summed E-state index contributed by atoms with van der Waals surface area (Å²) in [4.78, 5) is 49.2. The van der Waals surface area contributed by atoms with Crippen LogP contribution in [-0.2, 0) is 16.0 Å². The maximum atomic E-state index is 12.9. The van der Waals surface area contributed by atoms with Crippen LogP contribution in [0.1, 0.15) is 41.3 Å². The van der Waals surface area contributed by atoms with E-state index in [0.29, 0.717) is 37.9 Å². The van der Waals surface area contributed by atoms with Crippen molar-refractivity contribution in [3.05, 3.63) is 75.3 Å². The second-order valence-electron chi connectivity index (χ2n) is 8.33. The second-order valence-corrected chi connectivity index (χ2v) is 8.33. The molecule has 0 spiro atoms. The van der Waals surface area contributed by atoms with Crippen LogP contribution in [0.4, 0.5) is 5.69 Å². The number of hydrogen-bond donors (Lipinski definition) is 2. The summed E-state index contributed by atoms with van der Waals surface area (Å²) in [6, 6.07) is 12.6. The number of hydrogen-bond acceptors (Lipinski definition) is 5. The number of nitro groups is 1. The van der Waals surface area contributed by atoms with Crippen LogP contribution in [-0.4, -0.2) is 52.7 Å². The topological polar surface area (TPSA) is 122 Å². The first-order valence-electron chi connectivity index (χ1n) is 10.9. The number of non-ortho nitro benzene ring substituents is 1. The van der Waals surface area contributed by atoms with Crippen LogP contribution in [0.5, 0.6) is 0 Å². The number of piperidine rings is 1. The predicted molar refractivity (Wildman–Crippen MR) is 123 cm³/mol. The van der Waals surface area contributed by atoms with Gasteiger partial charge < -0.3 is 15.5 Å². The largest absolute Gasteiger partial charge is 0.351 e. The maximum Gasteiger partial charge on any atom is 0.269 e. The van der Waals surface area contributed by atoms with Gasteiger partial charge in [-0.05, 0) is 37.5 Å². The van der Waals surface area contributed by atoms with Crippen molar-refractivity contribution in [2.75, 3.05) is 13.1 Å². The van der Waals surface area contributed by atoms with Crippen molar-refractivity contribution in [2.24, 2.45) is 0 Å². The SMILES string of the molecule is CC(=O)NC(Cc1cccc(C)c1)C(=O)NC1CCN(C(=O)c2ccc([N+](=O)[O-])cc2)CC1. The van der Waals surface area contributed by atoms with E-state index in [1.807, 2.05) is 31.2 Å². The molecule has 174 valence electrons. The number of nitrogens with one attached hydrogen (secondary N) is 2. The molecule has 0 bridgehead atoms. The Hall–Kier alpha value is -3.75. The summed E-state index contributed by atoms with van der Waals surface area (Å²) >= 11 is 0. The van der Waals surface area contributed by atoms with E-state index in [1.54, 1.807) is 4.90 Å². The van der Waals surface area contributed by atoms with E-state index in [9.17, 15) is 24.5 Å². The summed E-state index contributed by atoms with van der Waals surface area (Å²) in [5.74, 6) is -0.705. The summed E-state index contributed by atoms with van der Waals surface area (Å²) in [6.07, 6.45) is 1.56. The Bertz CT molecular complexity index is 1030. The number of nitrogens with zero attached hydrogens (tertiary/aromatic N) is 2. The standard InChI is InChI=1S/C24H28N4O5/c1-16-4-3-5-18(14-16)15-22(25-17(2)29)23(30)26-20-10-12-27(13-11-20)24(31)19-6-8-21(9-7-19)28(32)33/h3-9,14,20,22H,10-13,15H2,1-2H3,(H,25,29)(H,26,30). The fraction of sp³-hybridized carbons (Fsp3) is 0.375. The molecule has 9 heteroatoms. The van der Waals surface area contributed by atoms with Crippen LogP contribution in [0.2, 0.25) is 0 Å². The van der Waals surface area contributed by atoms with Gasteiger partial charge in [0.25, 0.3) is 11.6 Å². The fourth-order valence-corrected chi connectivity index (χ4v) is 3.97. The van der Waals surface area contributed by atoms with Gasteiger partial charge in [-0.3, -0.25) is 24.5 Å². The zero-order valence-corrected chi connectivity index (χ0v) is 18.7. The number of carbonyl (C=O) groups excluding carboxylic acids is 3. The summed E-state index contributed by atoms with van der Waals surface area (Å²) < 4.78 is 0. The number of benzene rings is 2. The van der Waals surface area contributed by atoms with E-state index >= 15 is 0 Å². The molecule has 1 saturated heterocycles. The van der Waals surface area contributed by atoms with Gasteiger partial charge in [0.15, 0.2) is 0 Å². The van der Waals surface area contributed by atoms with E-state index in [2.05, 4.69) is 10.6 Å². The average Bonchev–Trinajstić information content (AvgIpc) is 2.78. The number of amides is 3. The lowest BCUT2D eigenvalue weighted by molar-refractivity contribution is -0.384. The number of carbonyl (C=O) groups is 3. The molecule has 1 heterocycles. The molecule has 2 aromatic carbocycles. The fourth-order valence-electron chi connectivity index (χ4n) is 3.97. The third-order valence-corrected chi connectivity index (χ3v) is 5.67. The van der Waals surface area contributed by atoms with Gasteiger partial charge in [-0.2, -0.15) is 0 Å². The molecule has 3 rings (SSSR count). The Balaban J connectivity index is 1.55. The van der Waals surface area contributed by atoms with Gasteiger partial charge in [-0.1, -0.05) is 29.8 Å². The van der Waals surface area contributed by atoms with Crippen molar-refractivity contribution in [1.29, 1.82) is 0 Å². The van der Waals surface area contributed by atoms with Crippen LogP contribution in [0.15, 0.2) is 48.5 Å². The molecule has 1 atom stereocenters. The zero-order valence-electron chi connectivity index (χ0n) is 18.7. The molecule has 33 heavy (non-hydrogen) atoms. The van der Waals surface area contributed by atoms with Gasteiger partial charge >= 0.3 is 0 Å². The Morgan fingerprint density at radius 2 is 1.79 bits per heavy atom. The Morgan fingerprint density at radius 3 is 2.36 bits per heavy atom. The molecule has 0 saturated carbocycles. The number of rotatable bonds is 7. The summed E-state index contributed by atoms with van der Waals surface area (Å²) in [6.45, 7) is 4.29. The molecule has 0 radical (unpaired) electrons. The van der Waals surface area contributed by atoms with Crippen molar-refractivity contribution in [1.82, 2.24) is 15.5 Å². The van der Waals surface area contributed by atoms with E-state index in [4.69, 9.17) is 0 Å². The van der Waals surface area contributed by atoms with E-state index in [0.717, 1.165) is 11.1 Å². The van der Waals surface area contributed by atoms with E-state index < -0.39 is 11.0 Å². The predicted octanol–water partition coefficient (Wildman–Crippen LogP) is 2.37. The molecule has 3 amide bonds. The lowest BCUT2D eigenvalue weighted by Gasteiger charge is -2.33. The monoisotopic (exact) mass is 452 g/mol. The summed E-state index contributed by atoms with van der Waals surface area (Å²) in [7, 11) is 0. The van der Waals surface area contributed by atoms with Crippen molar-refractivity contribution in [2.45, 2.75) is 45.2 Å². The van der Waals surface area contributed by atoms with Crippen molar-refractivity contribution in [3.63, 3.8) is 0 Å². The van der Waals surface area contributed by atoms with Gasteiger partial charge in [-0.15, -0.1) is 0 Å². The van der Waals surface area contributed by atoms with Crippen LogP contribution in [0, 0.1) is 17.0 Å². The molecule has 2 aromatic rings. The van der Waals surface area contributed by atoms with Crippen LogP contribution < -0.4 is 10.6 Å². The first-order chi connectivity index (χ1) is 15.7. The van der Waals surface area contributed by atoms with Gasteiger partial charge in [0.1, 0.15) is 6.04 Å². The normalized spacial score (nSPS) is 14.9. The Kier molecular flexibility index (Phi) is 7.76. The second kappa shape index (κ2) is 10.7. The molecule has 9 nitrogen and oxygen atoms in total. The molecule has 0 aromatic heterocycles. The first-order valence-corrected chi connectivity index (χ1v) is 10.9. The summed E-state index contributed by atoms with van der Waals surface area (Å²) in [5.41, 5.74) is 2.38. The smallest absolute Gasteiger partial charge is 0.269 e. The van der Waals surface area contributed by atoms with Crippen LogP contribution in [0.3, 0.4) is 0 Å². The first kappa shape index (κ1) is 23.9. The molecule has 1 aliphatic heterocycles. The summed E-state index contributed by atoms with van der Waals surface area (Å²) in [5, 5.41) is 16.5. The minimum Gasteiger partial charge on any atom is -0.351 e. The number of nitro benzene ring substituents is 1. The third-order valence-electron chi connectivity index (χ3n) is 5.67. The van der Waals surface area contributed by atoms with Gasteiger partial charge in [0.05, 0.1) is 4.92 Å².